The topological polar surface area (TPSA) is 61.8 Å². The van der Waals surface area contributed by atoms with Crippen molar-refractivity contribution in [1.29, 1.82) is 0 Å². The number of hydrogen-bond donors (Lipinski definition) is 0. The summed E-state index contributed by atoms with van der Waals surface area (Å²) in [7, 11) is 0. The van der Waals surface area contributed by atoms with Crippen molar-refractivity contribution in [3.63, 3.8) is 0 Å². The fourth-order valence-corrected chi connectivity index (χ4v) is 8.47. The third-order valence-electron chi connectivity index (χ3n) is 10.5. The number of ether oxygens (including phenoxy) is 3. The molecule has 1 heterocycles. The predicted molar refractivity (Wildman–Crippen MR) is 129 cm³/mol. The highest BCUT2D eigenvalue weighted by atomic mass is 16.7. The zero-order valence-corrected chi connectivity index (χ0v) is 21.2. The molecule has 1 aromatic carbocycles. The smallest absolute Gasteiger partial charge is 0.306 e. The van der Waals surface area contributed by atoms with E-state index < -0.39 is 0 Å². The summed E-state index contributed by atoms with van der Waals surface area (Å²) in [5.41, 5.74) is 0.577. The van der Waals surface area contributed by atoms with Gasteiger partial charge in [-0.3, -0.25) is 9.59 Å². The van der Waals surface area contributed by atoms with Crippen LogP contribution in [0.15, 0.2) is 30.3 Å². The Morgan fingerprint density at radius 2 is 1.88 bits per heavy atom. The number of carbonyl (C=O) groups is 2. The molecule has 0 amide bonds. The number of rotatable bonds is 6. The third-order valence-corrected chi connectivity index (χ3v) is 10.5. The van der Waals surface area contributed by atoms with E-state index >= 15 is 0 Å². The standard InChI is InChI=1S/C29H40O5/c1-5-27(3)16-23-28(4)21(15-24(31)34-23)11-13-29(14-12-22(30)25(28)29)19(2)26(27)33-18-32-17-20-9-7-6-8-10-20/h6-10,19,21,23,25-26H,5,11-18H2,1-4H3/t19-,21+,23-,25?,26?,27-,28+,29+/m1/s1. The second-order valence-corrected chi connectivity index (χ2v) is 12.0. The molecule has 2 unspecified atom stereocenters. The van der Waals surface area contributed by atoms with Gasteiger partial charge in [0.25, 0.3) is 0 Å². The largest absolute Gasteiger partial charge is 0.462 e. The highest BCUT2D eigenvalue weighted by Crippen LogP contribution is 2.69. The van der Waals surface area contributed by atoms with Crippen molar-refractivity contribution < 1.29 is 23.8 Å². The summed E-state index contributed by atoms with van der Waals surface area (Å²) in [6.07, 6.45) is 5.36. The van der Waals surface area contributed by atoms with Crippen molar-refractivity contribution in [2.24, 2.45) is 34.0 Å². The van der Waals surface area contributed by atoms with Crippen molar-refractivity contribution in [2.45, 2.75) is 91.5 Å². The van der Waals surface area contributed by atoms with Gasteiger partial charge >= 0.3 is 5.97 Å². The molecule has 3 aliphatic carbocycles. The molecule has 8 atom stereocenters. The molecule has 4 aliphatic rings. The fraction of sp³-hybridized carbons (Fsp3) is 0.724. The van der Waals surface area contributed by atoms with E-state index in [1.165, 1.54) is 0 Å². The summed E-state index contributed by atoms with van der Waals surface area (Å²) in [6.45, 7) is 9.82. The minimum absolute atomic E-state index is 0.0513. The second kappa shape index (κ2) is 8.74. The lowest BCUT2D eigenvalue weighted by Gasteiger charge is -2.64. The molecule has 0 radical (unpaired) electrons. The second-order valence-electron chi connectivity index (χ2n) is 12.0. The van der Waals surface area contributed by atoms with Crippen LogP contribution in [0.4, 0.5) is 0 Å². The monoisotopic (exact) mass is 468 g/mol. The van der Waals surface area contributed by atoms with Gasteiger partial charge in [0, 0.05) is 24.2 Å². The first-order valence-electron chi connectivity index (χ1n) is 13.2. The van der Waals surface area contributed by atoms with Crippen LogP contribution in [0.25, 0.3) is 0 Å². The molecule has 0 aromatic heterocycles. The summed E-state index contributed by atoms with van der Waals surface area (Å²) in [4.78, 5) is 26.1. The highest BCUT2D eigenvalue weighted by molar-refractivity contribution is 5.86. The zero-order chi connectivity index (χ0) is 24.1. The molecular formula is C29H40O5. The zero-order valence-electron chi connectivity index (χ0n) is 21.2. The molecule has 5 heteroatoms. The lowest BCUT2D eigenvalue weighted by Crippen LogP contribution is -2.65. The summed E-state index contributed by atoms with van der Waals surface area (Å²) in [5.74, 6) is 0.691. The number of Topliss-reactive ketones (excluding diaryl/α,β-unsaturated/α-hetero) is 1. The number of ketones is 1. The van der Waals surface area contributed by atoms with Gasteiger partial charge in [-0.15, -0.1) is 0 Å². The highest BCUT2D eigenvalue weighted by Gasteiger charge is 2.70. The minimum Gasteiger partial charge on any atom is -0.462 e. The Labute approximate surface area is 203 Å². The molecule has 5 nitrogen and oxygen atoms in total. The molecule has 3 saturated carbocycles. The molecule has 186 valence electrons. The fourth-order valence-electron chi connectivity index (χ4n) is 8.47. The molecule has 2 bridgehead atoms. The summed E-state index contributed by atoms with van der Waals surface area (Å²) in [5, 5.41) is 0. The Kier molecular flexibility index (Phi) is 6.17. The van der Waals surface area contributed by atoms with Gasteiger partial charge < -0.3 is 14.2 Å². The van der Waals surface area contributed by atoms with Crippen LogP contribution in [-0.4, -0.2) is 30.8 Å². The molecule has 34 heavy (non-hydrogen) atoms. The van der Waals surface area contributed by atoms with Gasteiger partial charge in [-0.25, -0.2) is 0 Å². The van der Waals surface area contributed by atoms with Crippen LogP contribution in [0.5, 0.6) is 0 Å². The van der Waals surface area contributed by atoms with Crippen LogP contribution >= 0.6 is 0 Å². The van der Waals surface area contributed by atoms with Gasteiger partial charge in [0.2, 0.25) is 0 Å². The predicted octanol–water partition coefficient (Wildman–Crippen LogP) is 5.70. The maximum absolute atomic E-state index is 13.5. The van der Waals surface area contributed by atoms with E-state index in [0.29, 0.717) is 25.2 Å². The van der Waals surface area contributed by atoms with E-state index in [1.54, 1.807) is 0 Å². The van der Waals surface area contributed by atoms with Crippen molar-refractivity contribution in [1.82, 2.24) is 0 Å². The van der Waals surface area contributed by atoms with E-state index in [0.717, 1.165) is 37.7 Å². The van der Waals surface area contributed by atoms with E-state index in [2.05, 4.69) is 39.8 Å². The van der Waals surface area contributed by atoms with Gasteiger partial charge in [0.15, 0.2) is 0 Å². The lowest BCUT2D eigenvalue weighted by molar-refractivity contribution is -0.246. The van der Waals surface area contributed by atoms with Crippen molar-refractivity contribution in [3.05, 3.63) is 35.9 Å². The summed E-state index contributed by atoms with van der Waals surface area (Å²) in [6, 6.07) is 10.1. The van der Waals surface area contributed by atoms with Crippen LogP contribution in [0.1, 0.15) is 78.2 Å². The molecule has 0 spiro atoms. The molecule has 1 aromatic rings. The number of benzene rings is 1. The van der Waals surface area contributed by atoms with Crippen LogP contribution in [0.2, 0.25) is 0 Å². The molecule has 1 aliphatic heterocycles. The van der Waals surface area contributed by atoms with E-state index in [1.807, 2.05) is 18.2 Å². The average Bonchev–Trinajstić information content (AvgIpc) is 3.18. The van der Waals surface area contributed by atoms with Crippen LogP contribution in [-0.2, 0) is 30.4 Å². The minimum atomic E-state index is -0.279. The van der Waals surface area contributed by atoms with Gasteiger partial charge in [0.1, 0.15) is 18.7 Å². The Morgan fingerprint density at radius 1 is 1.12 bits per heavy atom. The first-order chi connectivity index (χ1) is 16.2. The average molecular weight is 469 g/mol. The van der Waals surface area contributed by atoms with Gasteiger partial charge in [0.05, 0.1) is 12.7 Å². The van der Waals surface area contributed by atoms with Crippen LogP contribution in [0, 0.1) is 34.0 Å². The van der Waals surface area contributed by atoms with E-state index in [4.69, 9.17) is 14.2 Å². The van der Waals surface area contributed by atoms with Gasteiger partial charge in [-0.1, -0.05) is 58.0 Å². The first-order valence-corrected chi connectivity index (χ1v) is 13.2. The number of hydrogen-bond acceptors (Lipinski definition) is 5. The van der Waals surface area contributed by atoms with E-state index in [-0.39, 0.29) is 59.0 Å². The quantitative estimate of drug-likeness (QED) is 0.304. The molecule has 4 fully saturated rings. The summed E-state index contributed by atoms with van der Waals surface area (Å²) < 4.78 is 18.7. The van der Waals surface area contributed by atoms with Crippen molar-refractivity contribution in [3.8, 4) is 0 Å². The Bertz CT molecular complexity index is 930. The SMILES string of the molecule is CC[C@]1(C)C[C@H]2OC(=O)C[C@@H]3CC[C@]4(CCC(=O)C4[C@@]32C)[C@H](C)C1OCOCc1ccccc1. The lowest BCUT2D eigenvalue weighted by atomic mass is 9.42. The van der Waals surface area contributed by atoms with Crippen LogP contribution in [0.3, 0.4) is 0 Å². The Morgan fingerprint density at radius 3 is 2.62 bits per heavy atom. The molecule has 0 N–H and O–H groups in total. The number of esters is 1. The molecule has 5 rings (SSSR count). The van der Waals surface area contributed by atoms with Gasteiger partial charge in [-0.05, 0) is 60.3 Å². The Balaban J connectivity index is 1.47. The number of carbonyl (C=O) groups excluding carboxylic acids is 2. The maximum Gasteiger partial charge on any atom is 0.306 e. The van der Waals surface area contributed by atoms with Crippen molar-refractivity contribution in [2.75, 3.05) is 6.79 Å². The Hall–Kier alpha value is -1.72. The molecular weight excluding hydrogens is 428 g/mol. The third kappa shape index (κ3) is 3.57. The van der Waals surface area contributed by atoms with Crippen LogP contribution < -0.4 is 0 Å². The normalized spacial score (nSPS) is 43.6. The van der Waals surface area contributed by atoms with E-state index in [9.17, 15) is 9.59 Å². The summed E-state index contributed by atoms with van der Waals surface area (Å²) >= 11 is 0. The molecule has 1 saturated heterocycles. The maximum atomic E-state index is 13.5. The van der Waals surface area contributed by atoms with Gasteiger partial charge in [-0.2, -0.15) is 0 Å². The van der Waals surface area contributed by atoms with Crippen molar-refractivity contribution >= 4 is 11.8 Å². The first kappa shape index (κ1) is 24.0.